The van der Waals surface area contributed by atoms with Gasteiger partial charge in [0.15, 0.2) is 0 Å². The molecule has 0 fully saturated rings. The number of aromatic nitrogens is 2. The molecule has 0 spiro atoms. The van der Waals surface area contributed by atoms with Crippen LogP contribution in [0.15, 0.2) is 21.4 Å². The van der Waals surface area contributed by atoms with Gasteiger partial charge in [-0.25, -0.2) is 4.79 Å². The lowest BCUT2D eigenvalue weighted by atomic mass is 10.1. The summed E-state index contributed by atoms with van der Waals surface area (Å²) >= 11 is 5.30. The number of aromatic amines is 2. The molecule has 10 heteroatoms. The molecular weight excluding hydrogens is 419 g/mol. The minimum absolute atomic E-state index is 0.0195. The fourth-order valence-electron chi connectivity index (χ4n) is 1.61. The molecule has 20 heavy (non-hydrogen) atoms. The van der Waals surface area contributed by atoms with Crippen LogP contribution in [0.2, 0.25) is 0 Å². The second kappa shape index (κ2) is 4.83. The maximum Gasteiger partial charge on any atom is 0.454 e. The average molecular weight is 424 g/mol. The highest BCUT2D eigenvalue weighted by molar-refractivity contribution is 9.11. The van der Waals surface area contributed by atoms with Gasteiger partial charge in [-0.3, -0.25) is 0 Å². The van der Waals surface area contributed by atoms with Crippen molar-refractivity contribution in [3.05, 3.63) is 32.7 Å². The molecular formula is C10H5Br2F5N2O. The molecule has 1 heterocycles. The highest BCUT2D eigenvalue weighted by Gasteiger charge is 2.62. The van der Waals surface area contributed by atoms with E-state index in [1.807, 2.05) is 0 Å². The molecule has 0 aliphatic rings. The van der Waals surface area contributed by atoms with Crippen LogP contribution in [0.25, 0.3) is 11.0 Å². The summed E-state index contributed by atoms with van der Waals surface area (Å²) in [5.41, 5.74) is -0.482. The van der Waals surface area contributed by atoms with Crippen LogP contribution in [0.3, 0.4) is 0 Å². The van der Waals surface area contributed by atoms with Crippen LogP contribution in [0, 0.1) is 0 Å². The van der Waals surface area contributed by atoms with Crippen LogP contribution in [0.1, 0.15) is 10.4 Å². The number of benzene rings is 1. The highest BCUT2D eigenvalue weighted by atomic mass is 79.9. The zero-order valence-electron chi connectivity index (χ0n) is 9.29. The number of H-pyrrole nitrogens is 2. The predicted octanol–water partition coefficient (Wildman–Crippen LogP) is 4.25. The number of hydrogen-bond acceptors (Lipinski definition) is 1. The van der Waals surface area contributed by atoms with Crippen molar-refractivity contribution in [3.8, 4) is 0 Å². The molecule has 2 N–H and O–H groups in total. The van der Waals surface area contributed by atoms with E-state index in [1.54, 1.807) is 0 Å². The van der Waals surface area contributed by atoms with E-state index in [4.69, 9.17) is 0 Å². The number of imidazole rings is 1. The van der Waals surface area contributed by atoms with Crippen LogP contribution < -0.4 is 5.69 Å². The van der Waals surface area contributed by atoms with E-state index < -0.39 is 22.6 Å². The first kappa shape index (κ1) is 15.5. The SMILES string of the molecule is O=c1[nH]c2cc(Br)c(C(Br)C(F)(F)C(F)(F)F)cc2[nH]1. The van der Waals surface area contributed by atoms with Crippen molar-refractivity contribution in [2.75, 3.05) is 0 Å². The number of alkyl halides is 6. The van der Waals surface area contributed by atoms with Crippen molar-refractivity contribution in [3.63, 3.8) is 0 Å². The molecule has 0 amide bonds. The normalized spacial score (nSPS) is 14.8. The molecule has 2 aromatic rings. The largest absolute Gasteiger partial charge is 0.454 e. The third-order valence-electron chi connectivity index (χ3n) is 2.60. The maximum atomic E-state index is 13.3. The molecule has 1 aromatic heterocycles. The average Bonchev–Trinajstić information content (AvgIpc) is 2.64. The number of halogens is 7. The van der Waals surface area contributed by atoms with Crippen LogP contribution in [0.4, 0.5) is 22.0 Å². The Bertz CT molecular complexity index is 706. The summed E-state index contributed by atoms with van der Waals surface area (Å²) in [6.07, 6.45) is -5.69. The molecule has 1 atom stereocenters. The minimum Gasteiger partial charge on any atom is -0.306 e. The molecule has 0 aliphatic heterocycles. The molecule has 1 unspecified atom stereocenters. The van der Waals surface area contributed by atoms with Crippen molar-refractivity contribution in [2.24, 2.45) is 0 Å². The van der Waals surface area contributed by atoms with Crippen molar-refractivity contribution in [2.45, 2.75) is 16.9 Å². The predicted molar refractivity (Wildman–Crippen MR) is 69.3 cm³/mol. The first-order valence-corrected chi connectivity index (χ1v) is 6.75. The summed E-state index contributed by atoms with van der Waals surface area (Å²) < 4.78 is 63.7. The molecule has 0 aliphatic carbocycles. The fraction of sp³-hybridized carbons (Fsp3) is 0.300. The smallest absolute Gasteiger partial charge is 0.306 e. The lowest BCUT2D eigenvalue weighted by Crippen LogP contribution is -2.40. The Morgan fingerprint density at radius 3 is 2.05 bits per heavy atom. The van der Waals surface area contributed by atoms with Crippen LogP contribution in [-0.4, -0.2) is 22.1 Å². The van der Waals surface area contributed by atoms with Crippen molar-refractivity contribution >= 4 is 42.9 Å². The molecule has 0 bridgehead atoms. The van der Waals surface area contributed by atoms with E-state index in [2.05, 4.69) is 41.8 Å². The third-order valence-corrected chi connectivity index (χ3v) is 4.36. The van der Waals surface area contributed by atoms with Gasteiger partial charge in [0.05, 0.1) is 11.0 Å². The van der Waals surface area contributed by atoms with Gasteiger partial charge < -0.3 is 9.97 Å². The second-order valence-corrected chi connectivity index (χ2v) is 5.75. The zero-order valence-corrected chi connectivity index (χ0v) is 12.5. The molecule has 0 saturated carbocycles. The Morgan fingerprint density at radius 2 is 1.55 bits per heavy atom. The van der Waals surface area contributed by atoms with Crippen LogP contribution in [0.5, 0.6) is 0 Å². The topological polar surface area (TPSA) is 48.6 Å². The van der Waals surface area contributed by atoms with Crippen molar-refractivity contribution in [1.29, 1.82) is 0 Å². The summed E-state index contributed by atoms with van der Waals surface area (Å²) in [7, 11) is 0. The van der Waals surface area contributed by atoms with Crippen molar-refractivity contribution < 1.29 is 22.0 Å². The van der Waals surface area contributed by atoms with Gasteiger partial charge in [-0.2, -0.15) is 22.0 Å². The van der Waals surface area contributed by atoms with E-state index >= 15 is 0 Å². The van der Waals surface area contributed by atoms with Gasteiger partial charge in [0.25, 0.3) is 0 Å². The molecule has 2 rings (SSSR count). The summed E-state index contributed by atoms with van der Waals surface area (Å²) in [5, 5.41) is 0. The fourth-order valence-corrected chi connectivity index (χ4v) is 3.12. The lowest BCUT2D eigenvalue weighted by molar-refractivity contribution is -0.281. The molecule has 110 valence electrons. The monoisotopic (exact) mass is 422 g/mol. The summed E-state index contributed by atoms with van der Waals surface area (Å²) in [4.78, 5) is 13.4. The van der Waals surface area contributed by atoms with Crippen LogP contribution in [-0.2, 0) is 0 Å². The van der Waals surface area contributed by atoms with E-state index in [-0.39, 0.29) is 15.6 Å². The van der Waals surface area contributed by atoms with Gasteiger partial charge >= 0.3 is 17.8 Å². The van der Waals surface area contributed by atoms with Gasteiger partial charge in [-0.05, 0) is 17.7 Å². The first-order valence-electron chi connectivity index (χ1n) is 5.04. The summed E-state index contributed by atoms with van der Waals surface area (Å²) in [5.74, 6) is -4.96. The number of hydrogen-bond donors (Lipinski definition) is 2. The first-order chi connectivity index (χ1) is 9.04. The molecule has 0 radical (unpaired) electrons. The van der Waals surface area contributed by atoms with E-state index in [0.29, 0.717) is 5.52 Å². The molecule has 3 nitrogen and oxygen atoms in total. The van der Waals surface area contributed by atoms with Gasteiger partial charge in [0.1, 0.15) is 4.83 Å². The van der Waals surface area contributed by atoms with Gasteiger partial charge in [0, 0.05) is 4.47 Å². The summed E-state index contributed by atoms with van der Waals surface area (Å²) in [6, 6.07) is 2.31. The second-order valence-electron chi connectivity index (χ2n) is 3.98. The number of rotatable bonds is 2. The zero-order chi connectivity index (χ0) is 15.3. The highest BCUT2D eigenvalue weighted by Crippen LogP contribution is 2.50. The Hall–Kier alpha value is -0.900. The lowest BCUT2D eigenvalue weighted by Gasteiger charge is -2.25. The number of nitrogens with one attached hydrogen (secondary N) is 2. The Labute approximate surface area is 124 Å². The molecule has 1 aromatic carbocycles. The van der Waals surface area contributed by atoms with Gasteiger partial charge in [-0.15, -0.1) is 0 Å². The Kier molecular flexibility index (Phi) is 3.74. The third kappa shape index (κ3) is 2.50. The molecule has 0 saturated heterocycles. The Morgan fingerprint density at radius 1 is 1.05 bits per heavy atom. The Balaban J connectivity index is 2.57. The van der Waals surface area contributed by atoms with Gasteiger partial charge in [0.2, 0.25) is 0 Å². The quantitative estimate of drug-likeness (QED) is 0.550. The minimum atomic E-state index is -5.69. The van der Waals surface area contributed by atoms with E-state index in [1.165, 1.54) is 6.07 Å². The van der Waals surface area contributed by atoms with Crippen molar-refractivity contribution in [1.82, 2.24) is 9.97 Å². The summed E-state index contributed by atoms with van der Waals surface area (Å²) in [6.45, 7) is 0. The van der Waals surface area contributed by atoms with E-state index in [0.717, 1.165) is 6.07 Å². The van der Waals surface area contributed by atoms with Crippen LogP contribution >= 0.6 is 31.9 Å². The maximum absolute atomic E-state index is 13.3. The standard InChI is InChI=1S/C10H5Br2F5N2O/c11-4-2-6-5(18-8(20)19-6)1-3(4)7(12)9(13,14)10(15,16)17/h1-2,7H,(H2,18,19,20). The van der Waals surface area contributed by atoms with Gasteiger partial charge in [-0.1, -0.05) is 31.9 Å². The number of fused-ring (bicyclic) bond motifs is 1. The van der Waals surface area contributed by atoms with E-state index in [9.17, 15) is 26.7 Å².